The first-order valence-corrected chi connectivity index (χ1v) is 9.97. The van der Waals surface area contributed by atoms with E-state index in [1.165, 1.54) is 17.7 Å². The number of fused-ring (bicyclic) bond motifs is 1. The van der Waals surface area contributed by atoms with Gasteiger partial charge in [0.05, 0.1) is 29.4 Å². The first-order valence-electron chi connectivity index (χ1n) is 9.15. The van der Waals surface area contributed by atoms with Crippen molar-refractivity contribution in [2.24, 2.45) is 0 Å². The summed E-state index contributed by atoms with van der Waals surface area (Å²) in [5, 5.41) is 18.2. The molecule has 2 heterocycles. The number of hydrogen-bond donors (Lipinski definition) is 2. The Kier molecular flexibility index (Phi) is 5.76. The summed E-state index contributed by atoms with van der Waals surface area (Å²) in [6.07, 6.45) is 1.27. The molecular weight excluding hydrogens is 420 g/mol. The molecule has 0 aliphatic carbocycles. The maximum Gasteiger partial charge on any atom is 0.353 e. The van der Waals surface area contributed by atoms with Crippen molar-refractivity contribution in [1.82, 2.24) is 15.0 Å². The maximum absolute atomic E-state index is 11.8. The molecule has 0 radical (unpaired) electrons. The van der Waals surface area contributed by atoms with Crippen LogP contribution < -0.4 is 20.1 Å². The van der Waals surface area contributed by atoms with Crippen LogP contribution in [0.15, 0.2) is 48.8 Å². The zero-order chi connectivity index (χ0) is 21.8. The molecule has 0 bridgehead atoms. The molecule has 0 spiro atoms. The largest absolute Gasteiger partial charge is 0.497 e. The van der Waals surface area contributed by atoms with E-state index in [2.05, 4.69) is 25.6 Å². The summed E-state index contributed by atoms with van der Waals surface area (Å²) in [6.45, 7) is 0.349. The Morgan fingerprint density at radius 1 is 1.03 bits per heavy atom. The number of hydrogen-bond acceptors (Lipinski definition) is 10. The van der Waals surface area contributed by atoms with Gasteiger partial charge in [0.2, 0.25) is 11.6 Å². The highest BCUT2D eigenvalue weighted by molar-refractivity contribution is 7.22. The molecule has 158 valence electrons. The number of nitro groups is 1. The van der Waals surface area contributed by atoms with Crippen LogP contribution in [0.3, 0.4) is 0 Å². The fraction of sp³-hybridized carbons (Fsp3) is 0.150. The van der Waals surface area contributed by atoms with Crippen molar-refractivity contribution < 1.29 is 14.4 Å². The zero-order valence-electron chi connectivity index (χ0n) is 16.7. The molecule has 0 fully saturated rings. The Labute approximate surface area is 181 Å². The fourth-order valence-electron chi connectivity index (χ4n) is 2.89. The Bertz CT molecular complexity index is 1230. The van der Waals surface area contributed by atoms with Gasteiger partial charge < -0.3 is 20.1 Å². The molecule has 2 N–H and O–H groups in total. The molecule has 2 aromatic heterocycles. The quantitative estimate of drug-likeness (QED) is 0.305. The van der Waals surface area contributed by atoms with Gasteiger partial charge in [-0.15, -0.1) is 0 Å². The van der Waals surface area contributed by atoms with Gasteiger partial charge in [0.1, 0.15) is 17.8 Å². The van der Waals surface area contributed by atoms with E-state index in [4.69, 9.17) is 9.47 Å². The van der Waals surface area contributed by atoms with Gasteiger partial charge in [-0.05, 0) is 35.9 Å². The van der Waals surface area contributed by atoms with Gasteiger partial charge in [-0.25, -0.2) is 15.0 Å². The van der Waals surface area contributed by atoms with Crippen LogP contribution >= 0.6 is 11.3 Å². The molecule has 0 aliphatic heterocycles. The van der Waals surface area contributed by atoms with E-state index < -0.39 is 4.92 Å². The van der Waals surface area contributed by atoms with Crippen LogP contribution in [-0.4, -0.2) is 34.1 Å². The van der Waals surface area contributed by atoms with Crippen LogP contribution in [-0.2, 0) is 6.54 Å². The van der Waals surface area contributed by atoms with E-state index in [1.807, 2.05) is 36.4 Å². The second kappa shape index (κ2) is 8.79. The van der Waals surface area contributed by atoms with Crippen LogP contribution in [0.1, 0.15) is 5.56 Å². The number of methoxy groups -OCH3 is 2. The normalized spacial score (nSPS) is 10.6. The highest BCUT2D eigenvalue weighted by Crippen LogP contribution is 2.35. The first-order chi connectivity index (χ1) is 15.1. The first kappa shape index (κ1) is 20.3. The smallest absolute Gasteiger partial charge is 0.353 e. The molecule has 0 saturated carbocycles. The van der Waals surface area contributed by atoms with Crippen molar-refractivity contribution >= 4 is 44.0 Å². The molecule has 0 unspecified atom stereocenters. The van der Waals surface area contributed by atoms with Crippen LogP contribution in [0.5, 0.6) is 11.5 Å². The number of ether oxygens (including phenoxy) is 2. The predicted molar refractivity (Wildman–Crippen MR) is 118 cm³/mol. The third-order valence-corrected chi connectivity index (χ3v) is 5.38. The van der Waals surface area contributed by atoms with E-state index >= 15 is 0 Å². The summed E-state index contributed by atoms with van der Waals surface area (Å²) in [7, 11) is 3.18. The molecule has 11 heteroatoms. The molecule has 4 rings (SSSR count). The van der Waals surface area contributed by atoms with Crippen LogP contribution in [0.25, 0.3) is 10.2 Å². The topological polar surface area (TPSA) is 124 Å². The van der Waals surface area contributed by atoms with Crippen LogP contribution in [0.2, 0.25) is 0 Å². The Morgan fingerprint density at radius 2 is 1.74 bits per heavy atom. The average Bonchev–Trinajstić information content (AvgIpc) is 3.19. The average molecular weight is 438 g/mol. The minimum Gasteiger partial charge on any atom is -0.497 e. The van der Waals surface area contributed by atoms with Crippen molar-refractivity contribution in [3.05, 3.63) is 64.5 Å². The lowest BCUT2D eigenvalue weighted by Crippen LogP contribution is -2.08. The lowest BCUT2D eigenvalue weighted by Gasteiger charge is -2.09. The van der Waals surface area contributed by atoms with E-state index in [0.717, 1.165) is 21.5 Å². The van der Waals surface area contributed by atoms with Crippen molar-refractivity contribution in [3.8, 4) is 11.5 Å². The summed E-state index contributed by atoms with van der Waals surface area (Å²) >= 11 is 1.34. The Morgan fingerprint density at radius 3 is 2.45 bits per heavy atom. The van der Waals surface area contributed by atoms with Gasteiger partial charge in [-0.1, -0.05) is 23.5 Å². The Hall–Kier alpha value is -3.99. The summed E-state index contributed by atoms with van der Waals surface area (Å²) < 4.78 is 11.3. The molecule has 4 aromatic rings. The number of nitrogens with zero attached hydrogens (tertiary/aromatic N) is 4. The predicted octanol–water partition coefficient (Wildman–Crippen LogP) is 4.37. The van der Waals surface area contributed by atoms with E-state index in [9.17, 15) is 10.1 Å². The molecule has 2 aromatic carbocycles. The minimum atomic E-state index is -0.519. The van der Waals surface area contributed by atoms with E-state index in [1.54, 1.807) is 20.3 Å². The highest BCUT2D eigenvalue weighted by Gasteiger charge is 2.24. The number of aromatic nitrogens is 3. The van der Waals surface area contributed by atoms with Crippen molar-refractivity contribution in [2.45, 2.75) is 6.54 Å². The lowest BCUT2D eigenvalue weighted by atomic mass is 10.2. The molecule has 10 nitrogen and oxygen atoms in total. The van der Waals surface area contributed by atoms with Crippen LogP contribution in [0, 0.1) is 10.1 Å². The molecule has 31 heavy (non-hydrogen) atoms. The summed E-state index contributed by atoms with van der Waals surface area (Å²) in [4.78, 5) is 23.8. The van der Waals surface area contributed by atoms with Crippen molar-refractivity contribution in [2.75, 3.05) is 24.9 Å². The number of nitrogens with one attached hydrogen (secondary N) is 2. The summed E-state index contributed by atoms with van der Waals surface area (Å²) in [5.74, 6) is 1.61. The van der Waals surface area contributed by atoms with Gasteiger partial charge in [-0.2, -0.15) is 0 Å². The van der Waals surface area contributed by atoms with Gasteiger partial charge in [0, 0.05) is 6.54 Å². The molecule has 0 saturated heterocycles. The standard InChI is InChI=1S/C20H18N6O4S/c1-29-13-5-3-12(4-6-13)10-21-18-17(26(27)28)19(23-11-22-18)25-20-24-15-8-7-14(30-2)9-16(15)31-20/h3-9,11H,10H2,1-2H3,(H2,21,22,23,24,25). The van der Waals surface area contributed by atoms with Gasteiger partial charge in [0.25, 0.3) is 0 Å². The maximum atomic E-state index is 11.8. The van der Waals surface area contributed by atoms with E-state index in [0.29, 0.717) is 17.4 Å². The van der Waals surface area contributed by atoms with Gasteiger partial charge in [-0.3, -0.25) is 10.1 Å². The SMILES string of the molecule is COc1ccc(CNc2ncnc(Nc3nc4ccc(OC)cc4s3)c2[N+](=O)[O-])cc1. The molecule has 0 amide bonds. The Balaban J connectivity index is 1.58. The second-order valence-corrected chi connectivity index (χ2v) is 7.39. The number of thiazole rings is 1. The van der Waals surface area contributed by atoms with Gasteiger partial charge >= 0.3 is 5.69 Å². The highest BCUT2D eigenvalue weighted by atomic mass is 32.1. The zero-order valence-corrected chi connectivity index (χ0v) is 17.5. The third kappa shape index (κ3) is 4.46. The minimum absolute atomic E-state index is 0.0586. The monoisotopic (exact) mass is 438 g/mol. The summed E-state index contributed by atoms with van der Waals surface area (Å²) in [5.41, 5.74) is 1.42. The molecule has 0 atom stereocenters. The second-order valence-electron chi connectivity index (χ2n) is 6.36. The van der Waals surface area contributed by atoms with Crippen LogP contribution in [0.4, 0.5) is 22.5 Å². The van der Waals surface area contributed by atoms with Crippen molar-refractivity contribution in [3.63, 3.8) is 0 Å². The van der Waals surface area contributed by atoms with Gasteiger partial charge in [0.15, 0.2) is 5.13 Å². The van der Waals surface area contributed by atoms with E-state index in [-0.39, 0.29) is 17.3 Å². The summed E-state index contributed by atoms with van der Waals surface area (Å²) in [6, 6.07) is 12.9. The van der Waals surface area contributed by atoms with Crippen molar-refractivity contribution in [1.29, 1.82) is 0 Å². The lowest BCUT2D eigenvalue weighted by molar-refractivity contribution is -0.383. The number of rotatable bonds is 8. The molecule has 0 aliphatic rings. The number of anilines is 3. The third-order valence-electron chi connectivity index (χ3n) is 4.44. The number of benzene rings is 2. The molecular formula is C20H18N6O4S. The fourth-order valence-corrected chi connectivity index (χ4v) is 3.78.